The lowest BCUT2D eigenvalue weighted by atomic mass is 9.49. The standard InChI is InChI=1S/C51H65ClN6O8S/c1-49(2,3)43(46(63)58-30-36(59)25-40(58)45(62)55-28-32-13-15-33(16-14-32)41(67-9)29-54-8)56-42(60)31-64-23-11-10-12-24-65-37-20-17-34(18-21-37)44(61)57-47-50(4,5)48(51(47,6)7)66-38-22-19-35(27-53)39(52)26-38/h13-22,26,29,36,40,43,47-48,59H,8,10-12,23-25,28,30-31H2,1-7,9H3,(H,55,62)(H,56,60)(H,57,61)/b41-29-/t36-,40+,43-,47?,48?/m1/s1. The second-order valence-corrected chi connectivity index (χ2v) is 20.6. The Balaban J connectivity index is 0.997. The molecule has 14 nitrogen and oxygen atoms in total. The lowest BCUT2D eigenvalue weighted by Gasteiger charge is -2.63. The number of nitriles is 1. The number of hydrogen-bond donors (Lipinski definition) is 4. The van der Waals surface area contributed by atoms with Gasteiger partial charge in [0.15, 0.2) is 0 Å². The van der Waals surface area contributed by atoms with Crippen LogP contribution in [0.25, 0.3) is 4.91 Å². The lowest BCUT2D eigenvalue weighted by Crippen LogP contribution is -2.74. The van der Waals surface area contributed by atoms with E-state index in [1.54, 1.807) is 60.4 Å². The minimum absolute atomic E-state index is 0.0200. The van der Waals surface area contributed by atoms with E-state index in [9.17, 15) is 29.5 Å². The quantitative estimate of drug-likeness (QED) is 0.0612. The van der Waals surface area contributed by atoms with Gasteiger partial charge in [-0.3, -0.25) is 24.2 Å². The van der Waals surface area contributed by atoms with Gasteiger partial charge in [-0.2, -0.15) is 5.26 Å². The van der Waals surface area contributed by atoms with Gasteiger partial charge in [-0.25, -0.2) is 0 Å². The van der Waals surface area contributed by atoms with Crippen molar-refractivity contribution >= 4 is 58.6 Å². The molecule has 67 heavy (non-hydrogen) atoms. The third-order valence-electron chi connectivity index (χ3n) is 12.4. The number of β-amino-alcohol motifs (C(OH)–C–C–N with tert-alkyl or cyclic N) is 1. The van der Waals surface area contributed by atoms with Crippen LogP contribution in [-0.2, 0) is 25.7 Å². The van der Waals surface area contributed by atoms with Crippen molar-refractivity contribution in [3.8, 4) is 17.6 Å². The number of nitrogens with zero attached hydrogens (tertiary/aromatic N) is 3. The monoisotopic (exact) mass is 956 g/mol. The largest absolute Gasteiger partial charge is 0.494 e. The first-order chi connectivity index (χ1) is 31.7. The van der Waals surface area contributed by atoms with Crippen LogP contribution < -0.4 is 25.4 Å². The van der Waals surface area contributed by atoms with Gasteiger partial charge in [-0.15, -0.1) is 11.8 Å². The molecule has 1 aliphatic carbocycles. The maximum atomic E-state index is 14.0. The first-order valence-corrected chi connectivity index (χ1v) is 24.1. The Morgan fingerprint density at radius 1 is 0.985 bits per heavy atom. The molecular formula is C51H65ClN6O8S. The summed E-state index contributed by atoms with van der Waals surface area (Å²) in [6.45, 7) is 18.0. The summed E-state index contributed by atoms with van der Waals surface area (Å²) in [5.74, 6) is -0.256. The van der Waals surface area contributed by atoms with E-state index in [0.29, 0.717) is 47.3 Å². The fourth-order valence-electron chi connectivity index (χ4n) is 9.10. The first kappa shape index (κ1) is 52.6. The number of unbranched alkanes of at least 4 members (excludes halogenated alkanes) is 2. The minimum Gasteiger partial charge on any atom is -0.494 e. The highest BCUT2D eigenvalue weighted by molar-refractivity contribution is 8.07. The second-order valence-electron chi connectivity index (χ2n) is 19.3. The molecule has 3 aromatic rings. The molecule has 2 aliphatic rings. The Morgan fingerprint density at radius 3 is 2.24 bits per heavy atom. The molecule has 4 N–H and O–H groups in total. The van der Waals surface area contributed by atoms with E-state index in [0.717, 1.165) is 28.9 Å². The third-order valence-corrected chi connectivity index (χ3v) is 13.5. The van der Waals surface area contributed by atoms with Gasteiger partial charge in [0.2, 0.25) is 17.7 Å². The number of likely N-dealkylation sites (tertiary alicyclic amines) is 1. The Labute approximate surface area is 404 Å². The van der Waals surface area contributed by atoms with Crippen molar-refractivity contribution in [1.29, 1.82) is 5.26 Å². The fourth-order valence-corrected chi connectivity index (χ4v) is 9.86. The summed E-state index contributed by atoms with van der Waals surface area (Å²) in [5, 5.41) is 29.0. The number of rotatable bonds is 21. The van der Waals surface area contributed by atoms with Crippen LogP contribution in [0, 0.1) is 27.6 Å². The molecule has 0 unspecified atom stereocenters. The summed E-state index contributed by atoms with van der Waals surface area (Å²) in [4.78, 5) is 59.9. The van der Waals surface area contributed by atoms with Gasteiger partial charge in [0.25, 0.3) is 5.91 Å². The molecule has 1 saturated heterocycles. The number of nitrogens with one attached hydrogen (secondary N) is 3. The molecule has 1 heterocycles. The molecule has 16 heteroatoms. The van der Waals surface area contributed by atoms with Crippen LogP contribution in [0.4, 0.5) is 0 Å². The highest BCUT2D eigenvalue weighted by Gasteiger charge is 2.64. The van der Waals surface area contributed by atoms with E-state index in [4.69, 9.17) is 25.8 Å². The van der Waals surface area contributed by atoms with Gasteiger partial charge in [-0.1, -0.05) is 84.3 Å². The topological polar surface area (TPSA) is 192 Å². The zero-order valence-electron chi connectivity index (χ0n) is 39.8. The Hall–Kier alpha value is -5.40. The SMILES string of the molecule is C=N/C=C(\SC)c1ccc(CNC(=O)[C@@H]2C[C@@H](O)CN2C(=O)[C@@H](NC(=O)COCCCCCOc2ccc(C(=O)NC3C(C)(C)C(Oc4ccc(C#N)c(Cl)c4)C3(C)C)cc2)C(C)(C)C)cc1. The number of aliphatic hydroxyl groups is 1. The average molecular weight is 958 g/mol. The van der Waals surface area contributed by atoms with Crippen LogP contribution in [-0.4, -0.2) is 103 Å². The van der Waals surface area contributed by atoms with Crippen LogP contribution in [0.5, 0.6) is 11.5 Å². The number of carbonyl (C=O) groups excluding carboxylic acids is 4. The summed E-state index contributed by atoms with van der Waals surface area (Å²) in [6.07, 6.45) is 4.87. The summed E-state index contributed by atoms with van der Waals surface area (Å²) in [6, 6.07) is 19.8. The number of aliphatic hydroxyl groups excluding tert-OH is 1. The summed E-state index contributed by atoms with van der Waals surface area (Å²) < 4.78 is 17.9. The van der Waals surface area contributed by atoms with Gasteiger partial charge in [0.1, 0.15) is 42.4 Å². The molecule has 3 atom stereocenters. The number of aliphatic imine (C=N–C) groups is 1. The van der Waals surface area contributed by atoms with Crippen molar-refractivity contribution in [3.63, 3.8) is 0 Å². The van der Waals surface area contributed by atoms with Crippen LogP contribution in [0.15, 0.2) is 77.9 Å². The smallest absolute Gasteiger partial charge is 0.251 e. The molecular weight excluding hydrogens is 892 g/mol. The average Bonchev–Trinajstić information content (AvgIpc) is 3.69. The van der Waals surface area contributed by atoms with Gasteiger partial charge in [0, 0.05) is 65.7 Å². The van der Waals surface area contributed by atoms with Crippen LogP contribution in [0.2, 0.25) is 5.02 Å². The molecule has 4 amide bonds. The van der Waals surface area contributed by atoms with Crippen LogP contribution in [0.1, 0.15) is 101 Å². The van der Waals surface area contributed by atoms with E-state index in [1.165, 1.54) is 4.90 Å². The summed E-state index contributed by atoms with van der Waals surface area (Å²) in [7, 11) is 0. The number of thioether (sulfide) groups is 1. The van der Waals surface area contributed by atoms with Crippen molar-refractivity contribution in [1.82, 2.24) is 20.9 Å². The molecule has 1 aliphatic heterocycles. The van der Waals surface area contributed by atoms with Gasteiger partial charge in [-0.05, 0) is 85.2 Å². The summed E-state index contributed by atoms with van der Waals surface area (Å²) in [5.41, 5.74) is 1.26. The number of halogens is 1. The van der Waals surface area contributed by atoms with E-state index in [2.05, 4.69) is 61.4 Å². The highest BCUT2D eigenvalue weighted by atomic mass is 35.5. The number of carbonyl (C=O) groups is 4. The Morgan fingerprint density at radius 2 is 1.63 bits per heavy atom. The number of hydrogen-bond acceptors (Lipinski definition) is 11. The van der Waals surface area contributed by atoms with Gasteiger partial charge < -0.3 is 40.2 Å². The van der Waals surface area contributed by atoms with E-state index < -0.39 is 46.2 Å². The molecule has 1 saturated carbocycles. The number of amides is 4. The predicted molar refractivity (Wildman–Crippen MR) is 263 cm³/mol. The van der Waals surface area contributed by atoms with E-state index in [1.807, 2.05) is 51.3 Å². The van der Waals surface area contributed by atoms with Crippen molar-refractivity contribution < 1.29 is 38.5 Å². The molecule has 5 rings (SSSR count). The molecule has 3 aromatic carbocycles. The zero-order valence-corrected chi connectivity index (χ0v) is 41.4. The number of ether oxygens (including phenoxy) is 3. The molecule has 0 bridgehead atoms. The van der Waals surface area contributed by atoms with Gasteiger partial charge >= 0.3 is 0 Å². The van der Waals surface area contributed by atoms with Crippen molar-refractivity contribution in [2.24, 2.45) is 21.2 Å². The predicted octanol–water partition coefficient (Wildman–Crippen LogP) is 7.56. The van der Waals surface area contributed by atoms with Crippen molar-refractivity contribution in [3.05, 3.63) is 100 Å². The van der Waals surface area contributed by atoms with Crippen molar-refractivity contribution in [2.75, 3.05) is 32.6 Å². The third kappa shape index (κ3) is 13.4. The Bertz CT molecular complexity index is 2290. The molecule has 0 aromatic heterocycles. The molecule has 0 spiro atoms. The Kier molecular flexibility index (Phi) is 18.1. The van der Waals surface area contributed by atoms with E-state index in [-0.39, 0.29) is 50.1 Å². The van der Waals surface area contributed by atoms with Crippen molar-refractivity contribution in [2.45, 2.75) is 111 Å². The second kappa shape index (κ2) is 23.1. The summed E-state index contributed by atoms with van der Waals surface area (Å²) >= 11 is 7.79. The molecule has 0 radical (unpaired) electrons. The van der Waals surface area contributed by atoms with Crippen LogP contribution in [0.3, 0.4) is 0 Å². The molecule has 2 fully saturated rings. The normalized spacial score (nSPS) is 20.1. The fraction of sp³-hybridized carbons (Fsp3) is 0.490. The zero-order chi connectivity index (χ0) is 49.1. The van der Waals surface area contributed by atoms with Gasteiger partial charge in [0.05, 0.1) is 23.3 Å². The first-order valence-electron chi connectivity index (χ1n) is 22.5. The molecule has 360 valence electrons. The lowest BCUT2D eigenvalue weighted by molar-refractivity contribution is -0.164. The number of benzene rings is 3. The minimum atomic E-state index is -0.959. The highest BCUT2D eigenvalue weighted by Crippen LogP contribution is 2.55. The van der Waals surface area contributed by atoms with Crippen LogP contribution >= 0.6 is 23.4 Å². The van der Waals surface area contributed by atoms with E-state index >= 15 is 0 Å². The maximum absolute atomic E-state index is 14.0. The maximum Gasteiger partial charge on any atom is 0.251 e.